The summed E-state index contributed by atoms with van der Waals surface area (Å²) in [5.41, 5.74) is 6.85. The Hall–Kier alpha value is -3.67. The van der Waals surface area contributed by atoms with Crippen molar-refractivity contribution in [2.75, 3.05) is 0 Å². The average Bonchev–Trinajstić information content (AvgIpc) is 2.90. The fourth-order valence-electron chi connectivity index (χ4n) is 3.57. The smallest absolute Gasteiger partial charge is 0.219 e. The molecule has 0 bridgehead atoms. The van der Waals surface area contributed by atoms with Crippen LogP contribution >= 0.6 is 23.5 Å². The Morgan fingerprint density at radius 3 is 1.32 bits per heavy atom. The van der Waals surface area contributed by atoms with Crippen LogP contribution in [0.1, 0.15) is 13.8 Å². The van der Waals surface area contributed by atoms with Crippen molar-refractivity contribution in [1.82, 2.24) is 0 Å². The number of carbonyl (C=O) groups excluding carboxylic acids is 2. The van der Waals surface area contributed by atoms with E-state index in [2.05, 4.69) is 37.4 Å². The first-order chi connectivity index (χ1) is 17.7. The van der Waals surface area contributed by atoms with Gasteiger partial charge in [0.2, 0.25) is 10.2 Å². The number of rotatable bonds is 7. The second kappa shape index (κ2) is 11.6. The van der Waals surface area contributed by atoms with Gasteiger partial charge in [0.25, 0.3) is 0 Å². The van der Waals surface area contributed by atoms with Crippen LogP contribution in [0, 0.1) is 5.82 Å². The lowest BCUT2D eigenvalue weighted by atomic mass is 9.98. The number of carbonyl (C=O) groups is 2. The third-order valence-corrected chi connectivity index (χ3v) is 7.79. The third kappa shape index (κ3) is 6.56. The van der Waals surface area contributed by atoms with Gasteiger partial charge < -0.3 is 0 Å². The van der Waals surface area contributed by atoms with Crippen LogP contribution in [0.4, 0.5) is 4.39 Å². The molecule has 2 nitrogen and oxygen atoms in total. The molecule has 0 heterocycles. The lowest BCUT2D eigenvalue weighted by molar-refractivity contribution is -0.108. The SMILES string of the molecule is C=C(C)C(=O)Sc1ccc(-c2ccc(-c3ccc(-c4ccc(SC(=O)C(=C)C)c(F)c4)cc3)cc2)cc1. The van der Waals surface area contributed by atoms with E-state index in [0.29, 0.717) is 16.0 Å². The molecule has 4 aromatic carbocycles. The number of hydrogen-bond donors (Lipinski definition) is 0. The molecule has 0 amide bonds. The predicted molar refractivity (Wildman–Crippen MR) is 154 cm³/mol. The molecule has 0 aliphatic heterocycles. The number of benzene rings is 4. The minimum Gasteiger partial charge on any atom is -0.282 e. The summed E-state index contributed by atoms with van der Waals surface area (Å²) < 4.78 is 14.6. The molecular formula is C32H25FO2S2. The summed E-state index contributed by atoms with van der Waals surface area (Å²) in [6.07, 6.45) is 0. The van der Waals surface area contributed by atoms with E-state index < -0.39 is 5.82 Å². The first kappa shape index (κ1) is 26.4. The first-order valence-electron chi connectivity index (χ1n) is 11.6. The Labute approximate surface area is 225 Å². The molecule has 4 rings (SSSR count). The summed E-state index contributed by atoms with van der Waals surface area (Å²) in [7, 11) is 0. The van der Waals surface area contributed by atoms with Gasteiger partial charge in [0.1, 0.15) is 5.82 Å². The van der Waals surface area contributed by atoms with Crippen LogP contribution in [-0.2, 0) is 9.59 Å². The molecule has 37 heavy (non-hydrogen) atoms. The summed E-state index contributed by atoms with van der Waals surface area (Å²) >= 11 is 2.04. The fraction of sp³-hybridized carbons (Fsp3) is 0.0625. The number of hydrogen-bond acceptors (Lipinski definition) is 4. The highest BCUT2D eigenvalue weighted by Gasteiger charge is 2.12. The quantitative estimate of drug-likeness (QED) is 0.178. The molecule has 4 aromatic rings. The van der Waals surface area contributed by atoms with Gasteiger partial charge in [-0.25, -0.2) is 4.39 Å². The molecular weight excluding hydrogens is 499 g/mol. The van der Waals surface area contributed by atoms with Crippen LogP contribution < -0.4 is 0 Å². The topological polar surface area (TPSA) is 34.1 Å². The highest BCUT2D eigenvalue weighted by molar-refractivity contribution is 8.14. The summed E-state index contributed by atoms with van der Waals surface area (Å²) in [5, 5.41) is -0.271. The van der Waals surface area contributed by atoms with E-state index in [1.165, 1.54) is 17.8 Å². The zero-order chi connectivity index (χ0) is 26.5. The van der Waals surface area contributed by atoms with Crippen LogP contribution in [0.15, 0.2) is 125 Å². The molecule has 0 aliphatic carbocycles. The van der Waals surface area contributed by atoms with Crippen molar-refractivity contribution in [1.29, 1.82) is 0 Å². The van der Waals surface area contributed by atoms with Crippen LogP contribution in [0.25, 0.3) is 33.4 Å². The molecule has 0 N–H and O–H groups in total. The van der Waals surface area contributed by atoms with E-state index in [9.17, 15) is 14.0 Å². The Kier molecular flexibility index (Phi) is 8.27. The Morgan fingerprint density at radius 2 is 0.919 bits per heavy atom. The van der Waals surface area contributed by atoms with E-state index in [1.807, 2.05) is 54.6 Å². The molecule has 0 radical (unpaired) electrons. The number of halogens is 1. The Bertz CT molecular complexity index is 1490. The van der Waals surface area contributed by atoms with Crippen molar-refractivity contribution in [3.8, 4) is 33.4 Å². The summed E-state index contributed by atoms with van der Waals surface area (Å²) in [6, 6.07) is 29.1. The van der Waals surface area contributed by atoms with Crippen molar-refractivity contribution in [2.24, 2.45) is 0 Å². The molecule has 0 fully saturated rings. The maximum absolute atomic E-state index is 14.6. The monoisotopic (exact) mass is 524 g/mol. The van der Waals surface area contributed by atoms with Crippen molar-refractivity contribution in [2.45, 2.75) is 23.6 Å². The molecule has 0 saturated carbocycles. The Morgan fingerprint density at radius 1 is 0.568 bits per heavy atom. The zero-order valence-electron chi connectivity index (χ0n) is 20.6. The van der Waals surface area contributed by atoms with Crippen molar-refractivity contribution >= 4 is 33.8 Å². The van der Waals surface area contributed by atoms with E-state index >= 15 is 0 Å². The van der Waals surface area contributed by atoms with Gasteiger partial charge in [0, 0.05) is 4.90 Å². The molecule has 0 saturated heterocycles. The lowest BCUT2D eigenvalue weighted by Crippen LogP contribution is -1.93. The van der Waals surface area contributed by atoms with Crippen LogP contribution in [0.5, 0.6) is 0 Å². The summed E-state index contributed by atoms with van der Waals surface area (Å²) in [5.74, 6) is -0.425. The normalized spacial score (nSPS) is 10.7. The predicted octanol–water partition coefficient (Wildman–Crippen LogP) is 9.22. The van der Waals surface area contributed by atoms with Gasteiger partial charge in [-0.2, -0.15) is 0 Å². The van der Waals surface area contributed by atoms with Crippen LogP contribution in [0.2, 0.25) is 0 Å². The van der Waals surface area contributed by atoms with E-state index in [1.54, 1.807) is 19.9 Å². The highest BCUT2D eigenvalue weighted by atomic mass is 32.2. The highest BCUT2D eigenvalue weighted by Crippen LogP contribution is 2.32. The zero-order valence-corrected chi connectivity index (χ0v) is 22.2. The molecule has 0 spiro atoms. The minimum atomic E-state index is -0.425. The van der Waals surface area contributed by atoms with Crippen molar-refractivity contribution < 1.29 is 14.0 Å². The minimum absolute atomic E-state index is 0.0284. The molecule has 0 aliphatic rings. The van der Waals surface area contributed by atoms with E-state index in [-0.39, 0.29) is 10.2 Å². The lowest BCUT2D eigenvalue weighted by Gasteiger charge is -2.09. The molecule has 0 atom stereocenters. The molecule has 184 valence electrons. The average molecular weight is 525 g/mol. The standard InChI is InChI=1S/C32H25FO2S2/c1-20(2)31(34)36-28-16-13-25(14-17-28)24-7-5-22(6-8-24)23-9-11-26(12-10-23)27-15-18-30(29(33)19-27)37-32(35)21(3)4/h5-19H,1,3H2,2,4H3. The second-order valence-corrected chi connectivity index (χ2v) is 10.7. The maximum Gasteiger partial charge on any atom is 0.219 e. The molecule has 0 aromatic heterocycles. The second-order valence-electron chi connectivity index (χ2n) is 8.66. The van der Waals surface area contributed by atoms with E-state index in [4.69, 9.17) is 0 Å². The van der Waals surface area contributed by atoms with E-state index in [0.717, 1.165) is 50.0 Å². The summed E-state index contributed by atoms with van der Waals surface area (Å²) in [4.78, 5) is 24.9. The largest absolute Gasteiger partial charge is 0.282 e. The van der Waals surface area contributed by atoms with Gasteiger partial charge in [-0.1, -0.05) is 79.9 Å². The van der Waals surface area contributed by atoms with Crippen molar-refractivity contribution in [3.63, 3.8) is 0 Å². The van der Waals surface area contributed by atoms with Gasteiger partial charge in [-0.15, -0.1) is 0 Å². The first-order valence-corrected chi connectivity index (χ1v) is 13.2. The van der Waals surface area contributed by atoms with Crippen LogP contribution in [-0.4, -0.2) is 10.2 Å². The van der Waals surface area contributed by atoms with Gasteiger partial charge in [-0.05, 0) is 106 Å². The van der Waals surface area contributed by atoms with Gasteiger partial charge in [0.15, 0.2) is 0 Å². The van der Waals surface area contributed by atoms with Crippen molar-refractivity contribution in [3.05, 3.63) is 121 Å². The number of thioether (sulfide) groups is 2. The Balaban J connectivity index is 1.46. The summed E-state index contributed by atoms with van der Waals surface area (Å²) in [6.45, 7) is 10.6. The van der Waals surface area contributed by atoms with Gasteiger partial charge in [-0.3, -0.25) is 9.59 Å². The third-order valence-electron chi connectivity index (χ3n) is 5.67. The van der Waals surface area contributed by atoms with Gasteiger partial charge in [0.05, 0.1) is 4.90 Å². The molecule has 0 unspecified atom stereocenters. The molecule has 5 heteroatoms. The maximum atomic E-state index is 14.6. The fourth-order valence-corrected chi connectivity index (χ4v) is 4.90. The van der Waals surface area contributed by atoms with Crippen LogP contribution in [0.3, 0.4) is 0 Å². The van der Waals surface area contributed by atoms with Gasteiger partial charge >= 0.3 is 0 Å².